The number of rotatable bonds is 0. The number of benzene rings is 1. The van der Waals surface area contributed by atoms with Crippen LogP contribution >= 0.6 is 0 Å². The summed E-state index contributed by atoms with van der Waals surface area (Å²) in [5.41, 5.74) is 1.39. The van der Waals surface area contributed by atoms with E-state index in [-0.39, 0.29) is 5.82 Å². The summed E-state index contributed by atoms with van der Waals surface area (Å²) in [6.07, 6.45) is 12.3. The minimum absolute atomic E-state index is 0.320. The highest BCUT2D eigenvalue weighted by Crippen LogP contribution is 2.03. The normalized spacial score (nSPS) is 13.8. The standard InChI is InChI=1S/C14H11F/c1-3-12-13(15)9-8-11-7-5-4-6-10(2)14(11)12/h1,4,6-9H,5H2,2H3. The van der Waals surface area contributed by atoms with E-state index in [1.165, 1.54) is 6.07 Å². The maximum Gasteiger partial charge on any atom is 0.139 e. The SMILES string of the molecule is C#Cc1c(F)ccc2c1=C(C)C=CCC=2. The Balaban J connectivity index is 3.03. The topological polar surface area (TPSA) is 0 Å². The fourth-order valence-corrected chi connectivity index (χ4v) is 1.85. The van der Waals surface area contributed by atoms with Crippen LogP contribution in [0.15, 0.2) is 24.3 Å². The first-order chi connectivity index (χ1) is 7.24. The van der Waals surface area contributed by atoms with Crippen molar-refractivity contribution in [3.8, 4) is 12.3 Å². The molecule has 1 heteroatoms. The van der Waals surface area contributed by atoms with Gasteiger partial charge >= 0.3 is 0 Å². The van der Waals surface area contributed by atoms with E-state index in [2.05, 4.69) is 12.0 Å². The van der Waals surface area contributed by atoms with E-state index >= 15 is 0 Å². The molecule has 0 aromatic heterocycles. The Morgan fingerprint density at radius 2 is 2.20 bits per heavy atom. The quantitative estimate of drug-likeness (QED) is 0.557. The molecule has 2 rings (SSSR count). The van der Waals surface area contributed by atoms with Gasteiger partial charge in [-0.1, -0.05) is 30.2 Å². The molecule has 0 unspecified atom stereocenters. The van der Waals surface area contributed by atoms with E-state index in [4.69, 9.17) is 6.42 Å². The van der Waals surface area contributed by atoms with Crippen molar-refractivity contribution in [1.82, 2.24) is 0 Å². The molecular weight excluding hydrogens is 187 g/mol. The Kier molecular flexibility index (Phi) is 2.43. The molecule has 0 heterocycles. The average Bonchev–Trinajstić information content (AvgIpc) is 2.41. The van der Waals surface area contributed by atoms with Crippen molar-refractivity contribution in [3.63, 3.8) is 0 Å². The third kappa shape index (κ3) is 1.59. The van der Waals surface area contributed by atoms with Gasteiger partial charge in [0.2, 0.25) is 0 Å². The first-order valence-electron chi connectivity index (χ1n) is 4.87. The zero-order valence-electron chi connectivity index (χ0n) is 8.55. The van der Waals surface area contributed by atoms with Crippen molar-refractivity contribution < 1.29 is 4.39 Å². The molecule has 0 fully saturated rings. The summed E-state index contributed by atoms with van der Waals surface area (Å²) in [6, 6.07) is 3.21. The largest absolute Gasteiger partial charge is 0.206 e. The fourth-order valence-electron chi connectivity index (χ4n) is 1.85. The predicted molar refractivity (Wildman–Crippen MR) is 60.9 cm³/mol. The van der Waals surface area contributed by atoms with Gasteiger partial charge in [0.25, 0.3) is 0 Å². The number of allylic oxidation sites excluding steroid dienone is 2. The molecule has 0 saturated carbocycles. The van der Waals surface area contributed by atoms with Crippen molar-refractivity contribution in [3.05, 3.63) is 46.1 Å². The molecule has 0 spiro atoms. The molecule has 15 heavy (non-hydrogen) atoms. The second-order valence-electron chi connectivity index (χ2n) is 3.56. The van der Waals surface area contributed by atoms with E-state index < -0.39 is 0 Å². The van der Waals surface area contributed by atoms with Crippen molar-refractivity contribution in [2.75, 3.05) is 0 Å². The van der Waals surface area contributed by atoms with Crippen molar-refractivity contribution in [2.45, 2.75) is 13.3 Å². The number of terminal acetylenes is 1. The van der Waals surface area contributed by atoms with Crippen molar-refractivity contribution >= 4 is 11.6 Å². The number of fused-ring (bicyclic) bond motifs is 1. The Morgan fingerprint density at radius 1 is 1.40 bits per heavy atom. The molecule has 1 aromatic carbocycles. The van der Waals surface area contributed by atoms with Gasteiger partial charge < -0.3 is 0 Å². The monoisotopic (exact) mass is 198 g/mol. The molecule has 0 saturated heterocycles. The average molecular weight is 198 g/mol. The molecule has 1 aromatic rings. The van der Waals surface area contributed by atoms with Crippen molar-refractivity contribution in [1.29, 1.82) is 0 Å². The fraction of sp³-hybridized carbons (Fsp3) is 0.143. The van der Waals surface area contributed by atoms with E-state index in [1.54, 1.807) is 6.07 Å². The summed E-state index contributed by atoms with van der Waals surface area (Å²) < 4.78 is 13.5. The zero-order chi connectivity index (χ0) is 10.8. The predicted octanol–water partition coefficient (Wildman–Crippen LogP) is 1.72. The van der Waals surface area contributed by atoms with Crippen LogP contribution in [0, 0.1) is 18.2 Å². The summed E-state index contributed by atoms with van der Waals surface area (Å²) in [4.78, 5) is 0. The Labute approximate surface area is 88.4 Å². The first-order valence-corrected chi connectivity index (χ1v) is 4.87. The molecule has 0 bridgehead atoms. The van der Waals surface area contributed by atoms with Crippen LogP contribution < -0.4 is 10.4 Å². The third-order valence-electron chi connectivity index (χ3n) is 2.57. The van der Waals surface area contributed by atoms with E-state index in [0.717, 1.165) is 22.4 Å². The van der Waals surface area contributed by atoms with Crippen LogP contribution in [0.1, 0.15) is 18.9 Å². The Hall–Kier alpha value is -1.81. The van der Waals surface area contributed by atoms with Crippen LogP contribution in [0.2, 0.25) is 0 Å². The molecule has 0 nitrogen and oxygen atoms in total. The van der Waals surface area contributed by atoms with Crippen LogP contribution in [0.5, 0.6) is 0 Å². The lowest BCUT2D eigenvalue weighted by Crippen LogP contribution is -2.30. The van der Waals surface area contributed by atoms with Gasteiger partial charge in [0.05, 0.1) is 5.56 Å². The summed E-state index contributed by atoms with van der Waals surface area (Å²) in [5.74, 6) is 2.11. The van der Waals surface area contributed by atoms with E-state index in [0.29, 0.717) is 5.56 Å². The van der Waals surface area contributed by atoms with Gasteiger partial charge in [0.15, 0.2) is 0 Å². The number of halogens is 1. The lowest BCUT2D eigenvalue weighted by molar-refractivity contribution is 0.622. The highest BCUT2D eigenvalue weighted by atomic mass is 19.1. The smallest absolute Gasteiger partial charge is 0.139 e. The van der Waals surface area contributed by atoms with Crippen LogP contribution in [0.3, 0.4) is 0 Å². The van der Waals surface area contributed by atoms with Gasteiger partial charge in [-0.25, -0.2) is 4.39 Å². The van der Waals surface area contributed by atoms with Crippen molar-refractivity contribution in [2.24, 2.45) is 0 Å². The van der Waals surface area contributed by atoms with Gasteiger partial charge in [0.1, 0.15) is 5.82 Å². The summed E-state index contributed by atoms with van der Waals surface area (Å²) in [7, 11) is 0. The number of hydrogen-bond donors (Lipinski definition) is 0. The van der Waals surface area contributed by atoms with E-state index in [9.17, 15) is 4.39 Å². The van der Waals surface area contributed by atoms with Crippen LogP contribution in [0.4, 0.5) is 4.39 Å². The molecule has 0 radical (unpaired) electrons. The van der Waals surface area contributed by atoms with Crippen LogP contribution in [-0.4, -0.2) is 0 Å². The highest BCUT2D eigenvalue weighted by molar-refractivity contribution is 5.60. The molecule has 74 valence electrons. The summed E-state index contributed by atoms with van der Waals surface area (Å²) in [5, 5.41) is 1.87. The van der Waals surface area contributed by atoms with Crippen LogP contribution in [-0.2, 0) is 0 Å². The second-order valence-corrected chi connectivity index (χ2v) is 3.56. The molecule has 1 aliphatic rings. The summed E-state index contributed by atoms with van der Waals surface area (Å²) >= 11 is 0. The minimum Gasteiger partial charge on any atom is -0.206 e. The third-order valence-corrected chi connectivity index (χ3v) is 2.57. The lowest BCUT2D eigenvalue weighted by Gasteiger charge is -2.00. The maximum absolute atomic E-state index is 13.5. The Bertz CT molecular complexity index is 583. The zero-order valence-corrected chi connectivity index (χ0v) is 8.55. The Morgan fingerprint density at radius 3 is 2.93 bits per heavy atom. The first kappa shape index (κ1) is 9.73. The van der Waals surface area contributed by atoms with Crippen LogP contribution in [0.25, 0.3) is 11.6 Å². The van der Waals surface area contributed by atoms with Gasteiger partial charge in [-0.15, -0.1) is 6.42 Å². The molecule has 0 amide bonds. The molecule has 1 aliphatic carbocycles. The van der Waals surface area contributed by atoms with Gasteiger partial charge in [-0.3, -0.25) is 0 Å². The highest BCUT2D eigenvalue weighted by Gasteiger charge is 2.04. The molecule has 0 N–H and O–H groups in total. The van der Waals surface area contributed by atoms with Gasteiger partial charge in [0, 0.05) is 5.22 Å². The number of hydrogen-bond acceptors (Lipinski definition) is 0. The van der Waals surface area contributed by atoms with E-state index in [1.807, 2.05) is 19.1 Å². The minimum atomic E-state index is -0.320. The molecule has 0 aliphatic heterocycles. The molecule has 0 atom stereocenters. The summed E-state index contributed by atoms with van der Waals surface area (Å²) in [6.45, 7) is 1.95. The second kappa shape index (κ2) is 3.74. The van der Waals surface area contributed by atoms with Gasteiger partial charge in [-0.2, -0.15) is 0 Å². The lowest BCUT2D eigenvalue weighted by atomic mass is 10.1. The maximum atomic E-state index is 13.5. The van der Waals surface area contributed by atoms with Gasteiger partial charge in [-0.05, 0) is 30.2 Å². The molecular formula is C14H11F.